The fourth-order valence-corrected chi connectivity index (χ4v) is 3.95. The van der Waals surface area contributed by atoms with Crippen LogP contribution in [0.3, 0.4) is 0 Å². The molecule has 9 heteroatoms. The highest BCUT2D eigenvalue weighted by Crippen LogP contribution is 2.27. The molecule has 170 valence electrons. The van der Waals surface area contributed by atoms with E-state index in [-0.39, 0.29) is 18.4 Å². The topological polar surface area (TPSA) is 90.0 Å². The average molecular weight is 458 g/mol. The van der Waals surface area contributed by atoms with Crippen molar-refractivity contribution in [2.75, 3.05) is 40.0 Å². The number of carbonyl (C=O) groups excluding carboxylic acids is 2. The number of rotatable bonds is 11. The van der Waals surface area contributed by atoms with E-state index >= 15 is 0 Å². The van der Waals surface area contributed by atoms with Crippen LogP contribution in [0.4, 0.5) is 0 Å². The standard InChI is InChI=1S/C23H27N3O5S/c1-4-26(5-2)21(27)15-31-16-10-11-17-20(14-16)32-23(25-17)22(28)24-12-13-30-19-9-7-6-8-18(19)29-3/h6-11,14H,4-5,12-13,15H2,1-3H3,(H,24,28). The Labute approximate surface area is 191 Å². The van der Waals surface area contributed by atoms with Gasteiger partial charge in [-0.25, -0.2) is 4.98 Å². The first-order valence-electron chi connectivity index (χ1n) is 10.4. The minimum Gasteiger partial charge on any atom is -0.493 e. The maximum absolute atomic E-state index is 12.5. The van der Waals surface area contributed by atoms with E-state index in [1.165, 1.54) is 11.3 Å². The number of hydrogen-bond donors (Lipinski definition) is 1. The smallest absolute Gasteiger partial charge is 0.280 e. The van der Waals surface area contributed by atoms with E-state index in [1.54, 1.807) is 30.2 Å². The van der Waals surface area contributed by atoms with Crippen LogP contribution in [-0.2, 0) is 4.79 Å². The number of nitrogens with zero attached hydrogens (tertiary/aromatic N) is 2. The van der Waals surface area contributed by atoms with Crippen LogP contribution in [0.1, 0.15) is 23.6 Å². The lowest BCUT2D eigenvalue weighted by Gasteiger charge is -2.18. The van der Waals surface area contributed by atoms with Crippen LogP contribution in [0.5, 0.6) is 17.2 Å². The van der Waals surface area contributed by atoms with Gasteiger partial charge >= 0.3 is 0 Å². The van der Waals surface area contributed by atoms with Gasteiger partial charge in [0.25, 0.3) is 11.8 Å². The second-order valence-corrected chi connectivity index (χ2v) is 7.79. The van der Waals surface area contributed by atoms with Gasteiger partial charge < -0.3 is 24.4 Å². The van der Waals surface area contributed by atoms with E-state index in [9.17, 15) is 9.59 Å². The number of benzene rings is 2. The molecule has 8 nitrogen and oxygen atoms in total. The molecule has 0 unspecified atom stereocenters. The summed E-state index contributed by atoms with van der Waals surface area (Å²) in [6.07, 6.45) is 0. The van der Waals surface area contributed by atoms with Crippen LogP contribution >= 0.6 is 11.3 Å². The predicted octanol–water partition coefficient (Wildman–Crippen LogP) is 3.36. The number of carbonyl (C=O) groups is 2. The Bertz CT molecular complexity index is 1060. The Hall–Kier alpha value is -3.33. The fourth-order valence-electron chi connectivity index (χ4n) is 3.04. The lowest BCUT2D eigenvalue weighted by molar-refractivity contribution is -0.132. The molecule has 0 spiro atoms. The number of nitrogens with one attached hydrogen (secondary N) is 1. The minimum atomic E-state index is -0.269. The van der Waals surface area contributed by atoms with Crippen molar-refractivity contribution < 1.29 is 23.8 Å². The molecule has 0 saturated carbocycles. The molecule has 0 aliphatic carbocycles. The average Bonchev–Trinajstić information content (AvgIpc) is 3.25. The zero-order valence-corrected chi connectivity index (χ0v) is 19.2. The Morgan fingerprint density at radius 3 is 2.53 bits per heavy atom. The summed E-state index contributed by atoms with van der Waals surface area (Å²) >= 11 is 1.27. The van der Waals surface area contributed by atoms with Crippen molar-refractivity contribution in [2.45, 2.75) is 13.8 Å². The molecule has 2 aromatic carbocycles. The number of fused-ring (bicyclic) bond motifs is 1. The van der Waals surface area contributed by atoms with Crippen molar-refractivity contribution in [1.29, 1.82) is 0 Å². The molecular weight excluding hydrogens is 430 g/mol. The van der Waals surface area contributed by atoms with E-state index < -0.39 is 0 Å². The largest absolute Gasteiger partial charge is 0.493 e. The molecular formula is C23H27N3O5S. The van der Waals surface area contributed by atoms with Crippen LogP contribution in [0.15, 0.2) is 42.5 Å². The summed E-state index contributed by atoms with van der Waals surface area (Å²) < 4.78 is 17.3. The quantitative estimate of drug-likeness (QED) is 0.444. The summed E-state index contributed by atoms with van der Waals surface area (Å²) in [5, 5.41) is 3.16. The number of thiazole rings is 1. The lowest BCUT2D eigenvalue weighted by Crippen LogP contribution is -2.34. The molecule has 0 fully saturated rings. The zero-order chi connectivity index (χ0) is 22.9. The van der Waals surface area contributed by atoms with Crippen molar-refractivity contribution in [1.82, 2.24) is 15.2 Å². The summed E-state index contributed by atoms with van der Waals surface area (Å²) in [5.41, 5.74) is 0.702. The van der Waals surface area contributed by atoms with Crippen LogP contribution in [-0.4, -0.2) is 61.7 Å². The number of amides is 2. The lowest BCUT2D eigenvalue weighted by atomic mass is 10.3. The Kier molecular flexibility index (Phi) is 8.27. The van der Waals surface area contributed by atoms with Gasteiger partial charge in [0, 0.05) is 13.1 Å². The number of likely N-dealkylation sites (N-methyl/N-ethyl adjacent to an activating group) is 1. The molecule has 32 heavy (non-hydrogen) atoms. The molecule has 1 heterocycles. The van der Waals surface area contributed by atoms with Crippen LogP contribution in [0.25, 0.3) is 10.2 Å². The Balaban J connectivity index is 1.53. The van der Waals surface area contributed by atoms with Gasteiger partial charge in [-0.3, -0.25) is 9.59 Å². The fraction of sp³-hybridized carbons (Fsp3) is 0.348. The molecule has 3 rings (SSSR count). The molecule has 0 radical (unpaired) electrons. The first-order chi connectivity index (χ1) is 15.5. The molecule has 0 aliphatic heterocycles. The number of ether oxygens (including phenoxy) is 3. The summed E-state index contributed by atoms with van der Waals surface area (Å²) in [4.78, 5) is 30.7. The molecule has 1 aromatic heterocycles. The molecule has 2 amide bonds. The van der Waals surface area contributed by atoms with Crippen LogP contribution in [0, 0.1) is 0 Å². The molecule has 0 atom stereocenters. The summed E-state index contributed by atoms with van der Waals surface area (Å²) in [6.45, 7) is 5.77. The van der Waals surface area contributed by atoms with Crippen molar-refractivity contribution >= 4 is 33.4 Å². The normalized spacial score (nSPS) is 10.6. The van der Waals surface area contributed by atoms with Gasteiger partial charge in [-0.1, -0.05) is 12.1 Å². The van der Waals surface area contributed by atoms with E-state index in [1.807, 2.05) is 38.1 Å². The number of hydrogen-bond acceptors (Lipinski definition) is 7. The SMILES string of the molecule is CCN(CC)C(=O)COc1ccc2nc(C(=O)NCCOc3ccccc3OC)sc2c1. The Morgan fingerprint density at radius 2 is 1.81 bits per heavy atom. The highest BCUT2D eigenvalue weighted by atomic mass is 32.1. The molecule has 1 N–H and O–H groups in total. The van der Waals surface area contributed by atoms with Crippen LogP contribution in [0.2, 0.25) is 0 Å². The Morgan fingerprint density at radius 1 is 1.06 bits per heavy atom. The van der Waals surface area contributed by atoms with Crippen molar-refractivity contribution in [3.8, 4) is 17.2 Å². The maximum Gasteiger partial charge on any atom is 0.280 e. The molecule has 3 aromatic rings. The van der Waals surface area contributed by atoms with Gasteiger partial charge in [0.05, 0.1) is 23.9 Å². The highest BCUT2D eigenvalue weighted by Gasteiger charge is 2.14. The van der Waals surface area contributed by atoms with Crippen molar-refractivity contribution in [3.05, 3.63) is 47.5 Å². The maximum atomic E-state index is 12.5. The van der Waals surface area contributed by atoms with E-state index in [0.29, 0.717) is 54.0 Å². The first kappa shape index (κ1) is 23.3. The number of para-hydroxylation sites is 2. The van der Waals surface area contributed by atoms with Gasteiger partial charge in [0.2, 0.25) is 0 Å². The van der Waals surface area contributed by atoms with Crippen molar-refractivity contribution in [2.24, 2.45) is 0 Å². The number of aromatic nitrogens is 1. The monoisotopic (exact) mass is 457 g/mol. The van der Waals surface area contributed by atoms with E-state index in [4.69, 9.17) is 14.2 Å². The minimum absolute atomic E-state index is 0.0223. The van der Waals surface area contributed by atoms with Gasteiger partial charge in [-0.15, -0.1) is 11.3 Å². The second-order valence-electron chi connectivity index (χ2n) is 6.76. The summed E-state index contributed by atoms with van der Waals surface area (Å²) in [6, 6.07) is 12.7. The highest BCUT2D eigenvalue weighted by molar-refractivity contribution is 7.20. The van der Waals surface area contributed by atoms with Gasteiger partial charge in [-0.05, 0) is 44.2 Å². The third kappa shape index (κ3) is 5.88. The second kappa shape index (κ2) is 11.3. The van der Waals surface area contributed by atoms with Gasteiger partial charge in [0.15, 0.2) is 23.1 Å². The van der Waals surface area contributed by atoms with E-state index in [2.05, 4.69) is 10.3 Å². The third-order valence-corrected chi connectivity index (χ3v) is 5.76. The number of methoxy groups -OCH3 is 1. The van der Waals surface area contributed by atoms with Gasteiger partial charge in [-0.2, -0.15) is 0 Å². The van der Waals surface area contributed by atoms with Crippen LogP contribution < -0.4 is 19.5 Å². The first-order valence-corrected chi connectivity index (χ1v) is 11.2. The molecule has 0 aliphatic rings. The third-order valence-electron chi connectivity index (χ3n) is 4.75. The zero-order valence-electron chi connectivity index (χ0n) is 18.4. The summed E-state index contributed by atoms with van der Waals surface area (Å²) in [5.74, 6) is 1.50. The predicted molar refractivity (Wildman–Crippen MR) is 124 cm³/mol. The molecule has 0 saturated heterocycles. The summed E-state index contributed by atoms with van der Waals surface area (Å²) in [7, 11) is 1.58. The van der Waals surface area contributed by atoms with Crippen molar-refractivity contribution in [3.63, 3.8) is 0 Å². The molecule has 0 bridgehead atoms. The van der Waals surface area contributed by atoms with Gasteiger partial charge in [0.1, 0.15) is 12.4 Å². The van der Waals surface area contributed by atoms with E-state index in [0.717, 1.165) is 4.70 Å².